The highest BCUT2D eigenvalue weighted by molar-refractivity contribution is 5.02. The zero-order valence-corrected chi connectivity index (χ0v) is 7.22. The second-order valence-corrected chi connectivity index (χ2v) is 3.80. The van der Waals surface area contributed by atoms with Crippen LogP contribution in [-0.2, 0) is 0 Å². The Morgan fingerprint density at radius 1 is 1.50 bits per heavy atom. The third kappa shape index (κ3) is 1.50. The van der Waals surface area contributed by atoms with Crippen molar-refractivity contribution in [3.05, 3.63) is 0 Å². The van der Waals surface area contributed by atoms with E-state index in [-0.39, 0.29) is 0 Å². The van der Waals surface area contributed by atoms with E-state index in [2.05, 4.69) is 25.9 Å². The third-order valence-corrected chi connectivity index (χ3v) is 2.48. The van der Waals surface area contributed by atoms with Gasteiger partial charge in [0.25, 0.3) is 0 Å². The molecule has 0 saturated heterocycles. The van der Waals surface area contributed by atoms with Crippen molar-refractivity contribution in [2.24, 2.45) is 5.73 Å². The Hall–Kier alpha value is -0.0800. The minimum Gasteiger partial charge on any atom is -0.328 e. The van der Waals surface area contributed by atoms with Crippen molar-refractivity contribution >= 4 is 0 Å². The van der Waals surface area contributed by atoms with Gasteiger partial charge in [-0.15, -0.1) is 0 Å². The van der Waals surface area contributed by atoms with Crippen molar-refractivity contribution in [3.8, 4) is 0 Å². The zero-order chi connectivity index (χ0) is 7.78. The second-order valence-electron chi connectivity index (χ2n) is 3.80. The van der Waals surface area contributed by atoms with Crippen molar-refractivity contribution in [2.45, 2.75) is 37.8 Å². The van der Waals surface area contributed by atoms with Gasteiger partial charge >= 0.3 is 0 Å². The smallest absolute Gasteiger partial charge is 0.0219 e. The molecule has 1 fully saturated rings. The van der Waals surface area contributed by atoms with Crippen LogP contribution in [0.2, 0.25) is 0 Å². The van der Waals surface area contributed by atoms with Gasteiger partial charge in [-0.3, -0.25) is 0 Å². The van der Waals surface area contributed by atoms with E-state index in [1.165, 1.54) is 12.8 Å². The summed E-state index contributed by atoms with van der Waals surface area (Å²) in [4.78, 5) is 2.32. The normalized spacial score (nSPS) is 24.9. The fourth-order valence-electron chi connectivity index (χ4n) is 1.58. The zero-order valence-electron chi connectivity index (χ0n) is 7.22. The van der Waals surface area contributed by atoms with Gasteiger partial charge in [-0.25, -0.2) is 0 Å². The van der Waals surface area contributed by atoms with Crippen LogP contribution in [0.3, 0.4) is 0 Å². The summed E-state index contributed by atoms with van der Waals surface area (Å²) in [7, 11) is 4.30. The molecule has 2 nitrogen and oxygen atoms in total. The topological polar surface area (TPSA) is 29.3 Å². The van der Waals surface area contributed by atoms with Gasteiger partial charge in [0, 0.05) is 11.6 Å². The van der Waals surface area contributed by atoms with Crippen LogP contribution in [0.5, 0.6) is 0 Å². The van der Waals surface area contributed by atoms with Gasteiger partial charge in [-0.1, -0.05) is 0 Å². The Balaban J connectivity index is 2.38. The van der Waals surface area contributed by atoms with E-state index < -0.39 is 0 Å². The fourth-order valence-corrected chi connectivity index (χ4v) is 1.58. The van der Waals surface area contributed by atoms with E-state index in [4.69, 9.17) is 5.73 Å². The molecule has 1 unspecified atom stereocenters. The highest BCUT2D eigenvalue weighted by Crippen LogP contribution is 2.43. The molecule has 0 aromatic heterocycles. The van der Waals surface area contributed by atoms with E-state index in [0.717, 1.165) is 6.42 Å². The molecule has 0 radical (unpaired) electrons. The number of hydrogen-bond acceptors (Lipinski definition) is 2. The Labute approximate surface area is 63.4 Å². The first-order chi connectivity index (χ1) is 4.57. The molecular weight excluding hydrogens is 124 g/mol. The quantitative estimate of drug-likeness (QED) is 0.632. The molecule has 0 bridgehead atoms. The average Bonchev–Trinajstić information content (AvgIpc) is 2.46. The van der Waals surface area contributed by atoms with Crippen molar-refractivity contribution in [1.29, 1.82) is 0 Å². The summed E-state index contributed by atoms with van der Waals surface area (Å²) < 4.78 is 0. The molecule has 60 valence electrons. The van der Waals surface area contributed by atoms with Gasteiger partial charge in [0.2, 0.25) is 0 Å². The van der Waals surface area contributed by atoms with Gasteiger partial charge < -0.3 is 10.6 Å². The summed E-state index contributed by atoms with van der Waals surface area (Å²) in [6.45, 7) is 2.09. The van der Waals surface area contributed by atoms with Crippen molar-refractivity contribution < 1.29 is 0 Å². The highest BCUT2D eigenvalue weighted by atomic mass is 15.2. The lowest BCUT2D eigenvalue weighted by Crippen LogP contribution is -2.35. The standard InChI is InChI=1S/C8H18N2/c1-7(9)6-8(4-5-8)10(2)3/h7H,4-6,9H2,1-3H3. The predicted octanol–water partition coefficient (Wildman–Crippen LogP) is 0.818. The molecule has 1 aliphatic rings. The third-order valence-electron chi connectivity index (χ3n) is 2.48. The number of hydrogen-bond donors (Lipinski definition) is 1. The second kappa shape index (κ2) is 2.51. The molecule has 2 N–H and O–H groups in total. The predicted molar refractivity (Wildman–Crippen MR) is 43.9 cm³/mol. The number of nitrogens with two attached hydrogens (primary N) is 1. The molecule has 0 amide bonds. The van der Waals surface area contributed by atoms with Gasteiger partial charge in [0.05, 0.1) is 0 Å². The molecular formula is C8H18N2. The minimum atomic E-state index is 0.352. The number of rotatable bonds is 3. The SMILES string of the molecule is CC(N)CC1(N(C)C)CC1. The molecule has 1 rings (SSSR count). The first-order valence-electron chi connectivity index (χ1n) is 4.00. The lowest BCUT2D eigenvalue weighted by molar-refractivity contribution is 0.245. The van der Waals surface area contributed by atoms with E-state index in [1.54, 1.807) is 0 Å². The Kier molecular flexibility index (Phi) is 2.02. The summed E-state index contributed by atoms with van der Waals surface area (Å²) in [5, 5.41) is 0. The van der Waals surface area contributed by atoms with Gasteiger partial charge in [-0.05, 0) is 40.3 Å². The summed E-state index contributed by atoms with van der Waals surface area (Å²) in [5.41, 5.74) is 6.21. The molecule has 1 saturated carbocycles. The van der Waals surface area contributed by atoms with Crippen LogP contribution in [0.4, 0.5) is 0 Å². The summed E-state index contributed by atoms with van der Waals surface area (Å²) in [5.74, 6) is 0. The Bertz CT molecular complexity index is 114. The maximum absolute atomic E-state index is 5.73. The summed E-state index contributed by atoms with van der Waals surface area (Å²) in [6.07, 6.45) is 3.82. The van der Waals surface area contributed by atoms with Crippen LogP contribution in [0.15, 0.2) is 0 Å². The van der Waals surface area contributed by atoms with Gasteiger partial charge in [-0.2, -0.15) is 0 Å². The van der Waals surface area contributed by atoms with Crippen LogP contribution in [0.1, 0.15) is 26.2 Å². The van der Waals surface area contributed by atoms with Crippen LogP contribution < -0.4 is 5.73 Å². The Morgan fingerprint density at radius 2 is 2.00 bits per heavy atom. The molecule has 10 heavy (non-hydrogen) atoms. The lowest BCUT2D eigenvalue weighted by Gasteiger charge is -2.25. The maximum Gasteiger partial charge on any atom is 0.0219 e. The highest BCUT2D eigenvalue weighted by Gasteiger charge is 2.44. The Morgan fingerprint density at radius 3 is 2.10 bits per heavy atom. The molecule has 0 heterocycles. The van der Waals surface area contributed by atoms with Gasteiger partial charge in [0.15, 0.2) is 0 Å². The molecule has 0 aromatic rings. The first kappa shape index (κ1) is 8.02. The first-order valence-corrected chi connectivity index (χ1v) is 4.00. The molecule has 1 atom stereocenters. The molecule has 1 aliphatic carbocycles. The summed E-state index contributed by atoms with van der Waals surface area (Å²) in [6, 6.07) is 0.352. The summed E-state index contributed by atoms with van der Waals surface area (Å²) >= 11 is 0. The van der Waals surface area contributed by atoms with E-state index in [9.17, 15) is 0 Å². The molecule has 0 aromatic carbocycles. The van der Waals surface area contributed by atoms with E-state index in [0.29, 0.717) is 11.6 Å². The van der Waals surface area contributed by atoms with Crippen LogP contribution >= 0.6 is 0 Å². The monoisotopic (exact) mass is 142 g/mol. The average molecular weight is 142 g/mol. The maximum atomic E-state index is 5.73. The van der Waals surface area contributed by atoms with Crippen LogP contribution in [-0.4, -0.2) is 30.6 Å². The van der Waals surface area contributed by atoms with E-state index in [1.807, 2.05) is 0 Å². The van der Waals surface area contributed by atoms with Crippen molar-refractivity contribution in [1.82, 2.24) is 4.90 Å². The van der Waals surface area contributed by atoms with Gasteiger partial charge in [0.1, 0.15) is 0 Å². The van der Waals surface area contributed by atoms with Crippen LogP contribution in [0, 0.1) is 0 Å². The minimum absolute atomic E-state index is 0.352. The lowest BCUT2D eigenvalue weighted by atomic mass is 10.1. The number of nitrogens with zero attached hydrogens (tertiary/aromatic N) is 1. The molecule has 2 heteroatoms. The fraction of sp³-hybridized carbons (Fsp3) is 1.00. The molecule has 0 aliphatic heterocycles. The molecule has 0 spiro atoms. The van der Waals surface area contributed by atoms with Crippen LogP contribution in [0.25, 0.3) is 0 Å². The largest absolute Gasteiger partial charge is 0.328 e. The van der Waals surface area contributed by atoms with E-state index >= 15 is 0 Å². The van der Waals surface area contributed by atoms with Crippen molar-refractivity contribution in [2.75, 3.05) is 14.1 Å². The van der Waals surface area contributed by atoms with Crippen molar-refractivity contribution in [3.63, 3.8) is 0 Å².